The maximum atomic E-state index is 9.70. The third-order valence-corrected chi connectivity index (χ3v) is 3.09. The summed E-state index contributed by atoms with van der Waals surface area (Å²) in [7, 11) is 0. The molecule has 6 N–H and O–H groups in total. The Kier molecular flexibility index (Phi) is 6.34. The van der Waals surface area contributed by atoms with Crippen LogP contribution in [0.1, 0.15) is 13.8 Å². The van der Waals surface area contributed by atoms with Gasteiger partial charge in [-0.05, 0) is 13.8 Å². The number of rotatable bonds is 5. The minimum absolute atomic E-state index is 0.0528. The van der Waals surface area contributed by atoms with Crippen molar-refractivity contribution in [2.24, 2.45) is 5.73 Å². The second kappa shape index (κ2) is 7.30. The summed E-state index contributed by atoms with van der Waals surface area (Å²) in [5.41, 5.74) is 5.69. The first kappa shape index (κ1) is 16.5. The lowest BCUT2D eigenvalue weighted by atomic mass is 10.00. The van der Waals surface area contributed by atoms with Crippen molar-refractivity contribution >= 4 is 0 Å². The van der Waals surface area contributed by atoms with Crippen molar-refractivity contribution in [3.8, 4) is 0 Å². The summed E-state index contributed by atoms with van der Waals surface area (Å²) >= 11 is 0. The quantitative estimate of drug-likeness (QED) is 0.371. The molecule has 0 aromatic rings. The molecule has 0 bridgehead atoms. The number of ether oxygens (including phenoxy) is 2. The molecule has 0 aromatic heterocycles. The van der Waals surface area contributed by atoms with E-state index in [1.165, 1.54) is 6.08 Å². The predicted octanol–water partition coefficient (Wildman–Crippen LogP) is -1.91. The van der Waals surface area contributed by atoms with Crippen LogP contribution in [0.2, 0.25) is 0 Å². The number of allylic oxidation sites excluding steroid dienone is 1. The Bertz CT molecular complexity index is 300. The van der Waals surface area contributed by atoms with Crippen LogP contribution in [0.4, 0.5) is 0 Å². The average Bonchev–Trinajstić information content (AvgIpc) is 2.38. The monoisotopic (exact) mass is 277 g/mol. The van der Waals surface area contributed by atoms with Crippen molar-refractivity contribution in [1.29, 1.82) is 0 Å². The first-order valence-electron chi connectivity index (χ1n) is 6.26. The molecule has 1 fully saturated rings. The van der Waals surface area contributed by atoms with Crippen LogP contribution in [0.5, 0.6) is 0 Å². The van der Waals surface area contributed by atoms with Crippen LogP contribution in [0.15, 0.2) is 12.2 Å². The molecule has 0 saturated carbocycles. The van der Waals surface area contributed by atoms with Crippen LogP contribution < -0.4 is 5.73 Å². The number of hydrogen-bond acceptors (Lipinski definition) is 7. The van der Waals surface area contributed by atoms with Gasteiger partial charge in [0.1, 0.15) is 18.3 Å². The van der Waals surface area contributed by atoms with E-state index >= 15 is 0 Å². The van der Waals surface area contributed by atoms with Crippen molar-refractivity contribution in [1.82, 2.24) is 0 Å². The van der Waals surface area contributed by atoms with Gasteiger partial charge in [0.05, 0.1) is 24.9 Å². The van der Waals surface area contributed by atoms with Gasteiger partial charge in [0.15, 0.2) is 6.29 Å². The van der Waals surface area contributed by atoms with Gasteiger partial charge in [-0.25, -0.2) is 0 Å². The summed E-state index contributed by atoms with van der Waals surface area (Å²) in [5, 5.41) is 38.4. The molecular formula is C12H23NO6. The number of aliphatic hydroxyl groups excluding tert-OH is 4. The zero-order chi connectivity index (χ0) is 14.6. The SMILES string of the molecule is C/C=C\[C@@H](O)[C@@H](N)CO[C@@H]1OC(C)[C@@H](O)C(O)C1O. The van der Waals surface area contributed by atoms with Gasteiger partial charge < -0.3 is 35.6 Å². The largest absolute Gasteiger partial charge is 0.388 e. The second-order valence-corrected chi connectivity index (χ2v) is 4.69. The van der Waals surface area contributed by atoms with Gasteiger partial charge in [-0.1, -0.05) is 12.2 Å². The lowest BCUT2D eigenvalue weighted by Gasteiger charge is -2.39. The Morgan fingerprint density at radius 2 is 1.89 bits per heavy atom. The van der Waals surface area contributed by atoms with E-state index in [0.29, 0.717) is 0 Å². The van der Waals surface area contributed by atoms with E-state index in [4.69, 9.17) is 15.2 Å². The smallest absolute Gasteiger partial charge is 0.186 e. The molecule has 1 saturated heterocycles. The van der Waals surface area contributed by atoms with Gasteiger partial charge in [0, 0.05) is 0 Å². The maximum Gasteiger partial charge on any atom is 0.186 e. The van der Waals surface area contributed by atoms with Gasteiger partial charge in [-0.15, -0.1) is 0 Å². The fourth-order valence-electron chi connectivity index (χ4n) is 1.80. The molecule has 0 aromatic carbocycles. The Morgan fingerprint density at radius 1 is 1.26 bits per heavy atom. The van der Waals surface area contributed by atoms with Crippen LogP contribution in [-0.4, -0.2) is 69.9 Å². The molecule has 1 aliphatic heterocycles. The van der Waals surface area contributed by atoms with Crippen LogP contribution in [-0.2, 0) is 9.47 Å². The van der Waals surface area contributed by atoms with E-state index < -0.39 is 42.9 Å². The summed E-state index contributed by atoms with van der Waals surface area (Å²) in [6, 6.07) is -0.675. The van der Waals surface area contributed by atoms with Crippen LogP contribution in [0.25, 0.3) is 0 Å². The highest BCUT2D eigenvalue weighted by Crippen LogP contribution is 2.21. The van der Waals surface area contributed by atoms with Gasteiger partial charge in [0.25, 0.3) is 0 Å². The minimum atomic E-state index is -1.36. The number of aliphatic hydroxyl groups is 4. The summed E-state index contributed by atoms with van der Waals surface area (Å²) in [5.74, 6) is 0. The zero-order valence-corrected chi connectivity index (χ0v) is 11.1. The van der Waals surface area contributed by atoms with E-state index in [1.807, 2.05) is 0 Å². The Morgan fingerprint density at radius 3 is 2.47 bits per heavy atom. The van der Waals surface area contributed by atoms with E-state index in [0.717, 1.165) is 0 Å². The van der Waals surface area contributed by atoms with Crippen LogP contribution in [0.3, 0.4) is 0 Å². The molecule has 0 radical (unpaired) electrons. The molecule has 1 rings (SSSR count). The highest BCUT2D eigenvalue weighted by molar-refractivity contribution is 4.92. The van der Waals surface area contributed by atoms with Crippen molar-refractivity contribution in [2.75, 3.05) is 6.61 Å². The zero-order valence-electron chi connectivity index (χ0n) is 11.1. The van der Waals surface area contributed by atoms with E-state index in [1.54, 1.807) is 19.9 Å². The minimum Gasteiger partial charge on any atom is -0.388 e. The van der Waals surface area contributed by atoms with E-state index in [2.05, 4.69) is 0 Å². The number of nitrogens with two attached hydrogens (primary N) is 1. The van der Waals surface area contributed by atoms with E-state index in [-0.39, 0.29) is 6.61 Å². The second-order valence-electron chi connectivity index (χ2n) is 4.69. The third-order valence-electron chi connectivity index (χ3n) is 3.09. The fraction of sp³-hybridized carbons (Fsp3) is 0.833. The molecule has 0 amide bonds. The molecule has 1 aliphatic rings. The summed E-state index contributed by atoms with van der Waals surface area (Å²) < 4.78 is 10.5. The van der Waals surface area contributed by atoms with Crippen LogP contribution >= 0.6 is 0 Å². The lowest BCUT2D eigenvalue weighted by Crippen LogP contribution is -2.58. The molecule has 3 unspecified atom stereocenters. The molecule has 7 heteroatoms. The van der Waals surface area contributed by atoms with Gasteiger partial charge in [-0.3, -0.25) is 0 Å². The highest BCUT2D eigenvalue weighted by atomic mass is 16.7. The molecule has 112 valence electrons. The highest BCUT2D eigenvalue weighted by Gasteiger charge is 2.42. The topological polar surface area (TPSA) is 125 Å². The fourth-order valence-corrected chi connectivity index (χ4v) is 1.80. The lowest BCUT2D eigenvalue weighted by molar-refractivity contribution is -0.294. The van der Waals surface area contributed by atoms with Gasteiger partial charge >= 0.3 is 0 Å². The Balaban J connectivity index is 2.48. The predicted molar refractivity (Wildman–Crippen MR) is 67.1 cm³/mol. The molecule has 0 aliphatic carbocycles. The first-order valence-corrected chi connectivity index (χ1v) is 6.26. The maximum absolute atomic E-state index is 9.70. The van der Waals surface area contributed by atoms with Crippen molar-refractivity contribution in [2.45, 2.75) is 56.7 Å². The first-order chi connectivity index (χ1) is 8.88. The Labute approximate surface area is 112 Å². The molecule has 19 heavy (non-hydrogen) atoms. The molecule has 0 spiro atoms. The molecule has 1 heterocycles. The molecule has 7 nitrogen and oxygen atoms in total. The van der Waals surface area contributed by atoms with Gasteiger partial charge in [0.2, 0.25) is 0 Å². The summed E-state index contributed by atoms with van der Waals surface area (Å²) in [6.07, 6.45) is -3.30. The molecule has 7 atom stereocenters. The van der Waals surface area contributed by atoms with Crippen LogP contribution in [0, 0.1) is 0 Å². The summed E-state index contributed by atoms with van der Waals surface area (Å²) in [6.45, 7) is 3.26. The summed E-state index contributed by atoms with van der Waals surface area (Å²) in [4.78, 5) is 0. The third kappa shape index (κ3) is 4.22. The van der Waals surface area contributed by atoms with E-state index in [9.17, 15) is 20.4 Å². The standard InChI is InChI=1S/C12H23NO6/c1-3-4-8(14)7(13)5-18-12-11(17)10(16)9(15)6(2)19-12/h3-4,6-12,14-17H,5,13H2,1-2H3/b4-3-/t6?,7-,8+,9+,10?,11?,12+/m0/s1. The van der Waals surface area contributed by atoms with Crippen molar-refractivity contribution in [3.63, 3.8) is 0 Å². The number of hydrogen-bond donors (Lipinski definition) is 5. The average molecular weight is 277 g/mol. The normalized spacial score (nSPS) is 39.4. The van der Waals surface area contributed by atoms with Gasteiger partial charge in [-0.2, -0.15) is 0 Å². The Hall–Kier alpha value is -0.540. The molecular weight excluding hydrogens is 254 g/mol. The van der Waals surface area contributed by atoms with Crippen molar-refractivity contribution in [3.05, 3.63) is 12.2 Å². The van der Waals surface area contributed by atoms with Crippen molar-refractivity contribution < 1.29 is 29.9 Å².